The van der Waals surface area contributed by atoms with Crippen LogP contribution in [0.1, 0.15) is 10.6 Å². The SMILES string of the molecule is CN1/C(=C(\C#N)C(=O)COC(=O)CNC(=O)c2ccco2)Sc2ccccc21. The lowest BCUT2D eigenvalue weighted by molar-refractivity contribution is -0.145. The van der Waals surface area contributed by atoms with Gasteiger partial charge in [0.1, 0.15) is 23.2 Å². The van der Waals surface area contributed by atoms with Gasteiger partial charge in [-0.15, -0.1) is 0 Å². The van der Waals surface area contributed by atoms with Gasteiger partial charge in [-0.25, -0.2) is 0 Å². The first-order valence-electron chi connectivity index (χ1n) is 8.16. The molecule has 2 aromatic rings. The van der Waals surface area contributed by atoms with E-state index in [9.17, 15) is 19.6 Å². The van der Waals surface area contributed by atoms with E-state index in [2.05, 4.69) is 5.32 Å². The molecule has 28 heavy (non-hydrogen) atoms. The van der Waals surface area contributed by atoms with Crippen molar-refractivity contribution in [2.45, 2.75) is 4.90 Å². The van der Waals surface area contributed by atoms with Gasteiger partial charge < -0.3 is 19.4 Å². The van der Waals surface area contributed by atoms with Crippen molar-refractivity contribution in [3.63, 3.8) is 0 Å². The number of hydrogen-bond donors (Lipinski definition) is 1. The first-order chi connectivity index (χ1) is 13.5. The van der Waals surface area contributed by atoms with Crippen LogP contribution in [0.3, 0.4) is 0 Å². The summed E-state index contributed by atoms with van der Waals surface area (Å²) in [5.74, 6) is -1.93. The van der Waals surface area contributed by atoms with Crippen LogP contribution in [0.15, 0.2) is 62.6 Å². The second kappa shape index (κ2) is 8.45. The van der Waals surface area contributed by atoms with Gasteiger partial charge in [0.15, 0.2) is 12.4 Å². The molecule has 1 aromatic heterocycles. The zero-order chi connectivity index (χ0) is 20.1. The fourth-order valence-electron chi connectivity index (χ4n) is 2.47. The number of nitrogens with one attached hydrogen (secondary N) is 1. The Morgan fingerprint density at radius 2 is 2.04 bits per heavy atom. The lowest BCUT2D eigenvalue weighted by atomic mass is 10.2. The van der Waals surface area contributed by atoms with Crippen LogP contribution in [0.5, 0.6) is 0 Å². The molecule has 9 heteroatoms. The smallest absolute Gasteiger partial charge is 0.325 e. The normalized spacial score (nSPS) is 14.1. The number of ketones is 1. The number of ether oxygens (including phenoxy) is 1. The molecule has 142 valence electrons. The Hall–Kier alpha value is -3.51. The van der Waals surface area contributed by atoms with Gasteiger partial charge in [-0.1, -0.05) is 23.9 Å². The minimum atomic E-state index is -0.800. The molecule has 0 atom stereocenters. The number of fused-ring (bicyclic) bond motifs is 1. The summed E-state index contributed by atoms with van der Waals surface area (Å²) in [6.07, 6.45) is 1.33. The zero-order valence-corrected chi connectivity index (χ0v) is 15.6. The average Bonchev–Trinajstić information content (AvgIpc) is 3.34. The number of thioether (sulfide) groups is 1. The molecular formula is C19H15N3O5S. The summed E-state index contributed by atoms with van der Waals surface area (Å²) in [6, 6.07) is 12.4. The van der Waals surface area contributed by atoms with Crippen molar-refractivity contribution in [2.24, 2.45) is 0 Å². The third-order valence-corrected chi connectivity index (χ3v) is 5.08. The van der Waals surface area contributed by atoms with Crippen LogP contribution in [0.2, 0.25) is 0 Å². The number of hydrogen-bond acceptors (Lipinski definition) is 8. The third-order valence-electron chi connectivity index (χ3n) is 3.84. The van der Waals surface area contributed by atoms with E-state index in [0.29, 0.717) is 5.03 Å². The summed E-state index contributed by atoms with van der Waals surface area (Å²) < 4.78 is 9.78. The van der Waals surface area contributed by atoms with E-state index in [0.717, 1.165) is 10.6 Å². The lowest BCUT2D eigenvalue weighted by Crippen LogP contribution is -2.31. The van der Waals surface area contributed by atoms with Crippen molar-refractivity contribution in [3.8, 4) is 6.07 Å². The lowest BCUT2D eigenvalue weighted by Gasteiger charge is -2.14. The maximum absolute atomic E-state index is 12.4. The summed E-state index contributed by atoms with van der Waals surface area (Å²) in [5, 5.41) is 12.2. The molecular weight excluding hydrogens is 382 g/mol. The van der Waals surface area contributed by atoms with Crippen LogP contribution < -0.4 is 10.2 Å². The standard InChI is InChI=1S/C19H15N3O5S/c1-22-13-5-2-3-7-16(13)28-19(22)12(9-20)14(23)11-27-17(24)10-21-18(25)15-6-4-8-26-15/h2-8H,10-11H2,1H3,(H,21,25)/b19-12-. The number of esters is 1. The third kappa shape index (κ3) is 4.07. The van der Waals surface area contributed by atoms with Gasteiger partial charge in [0, 0.05) is 11.9 Å². The van der Waals surface area contributed by atoms with Crippen molar-refractivity contribution in [1.29, 1.82) is 5.26 Å². The van der Waals surface area contributed by atoms with Crippen LogP contribution in [0.4, 0.5) is 5.69 Å². The van der Waals surface area contributed by atoms with Gasteiger partial charge in [0.05, 0.1) is 12.0 Å². The molecule has 0 radical (unpaired) electrons. The number of Topliss-reactive ketones (excluding diaryl/α,β-unsaturated/α-hetero) is 1. The highest BCUT2D eigenvalue weighted by atomic mass is 32.2. The van der Waals surface area contributed by atoms with E-state index < -0.39 is 30.8 Å². The molecule has 0 spiro atoms. The Morgan fingerprint density at radius 1 is 1.25 bits per heavy atom. The highest BCUT2D eigenvalue weighted by Gasteiger charge is 2.28. The van der Waals surface area contributed by atoms with Crippen molar-refractivity contribution < 1.29 is 23.5 Å². The number of carbonyl (C=O) groups is 3. The number of para-hydroxylation sites is 1. The van der Waals surface area contributed by atoms with Crippen LogP contribution in [0, 0.1) is 11.3 Å². The van der Waals surface area contributed by atoms with E-state index in [1.165, 1.54) is 24.1 Å². The van der Waals surface area contributed by atoms with Gasteiger partial charge in [0.25, 0.3) is 5.91 Å². The Kier molecular flexibility index (Phi) is 5.81. The second-order valence-electron chi connectivity index (χ2n) is 5.66. The predicted octanol–water partition coefficient (Wildman–Crippen LogP) is 2.10. The zero-order valence-electron chi connectivity index (χ0n) is 14.8. The first-order valence-corrected chi connectivity index (χ1v) is 8.98. The highest BCUT2D eigenvalue weighted by molar-refractivity contribution is 8.03. The van der Waals surface area contributed by atoms with Gasteiger partial charge in [-0.3, -0.25) is 14.4 Å². The van der Waals surface area contributed by atoms with Crippen LogP contribution in [-0.2, 0) is 14.3 Å². The number of nitriles is 1. The Balaban J connectivity index is 1.57. The first kappa shape index (κ1) is 19.3. The van der Waals surface area contributed by atoms with Crippen molar-refractivity contribution in [3.05, 3.63) is 59.0 Å². The molecule has 0 aliphatic carbocycles. The predicted molar refractivity (Wildman–Crippen MR) is 100 cm³/mol. The number of furan rings is 1. The molecule has 1 amide bonds. The molecule has 1 aliphatic heterocycles. The Morgan fingerprint density at radius 3 is 2.71 bits per heavy atom. The summed E-state index contributed by atoms with van der Waals surface area (Å²) in [6.45, 7) is -1.02. The van der Waals surface area contributed by atoms with Crippen LogP contribution >= 0.6 is 11.8 Å². The summed E-state index contributed by atoms with van der Waals surface area (Å²) in [5.41, 5.74) is 0.803. The number of rotatable bonds is 6. The molecule has 0 saturated carbocycles. The fraction of sp³-hybridized carbons (Fsp3) is 0.158. The minimum Gasteiger partial charge on any atom is -0.459 e. The number of benzene rings is 1. The number of anilines is 1. The fourth-order valence-corrected chi connectivity index (χ4v) is 3.63. The molecule has 0 bridgehead atoms. The molecule has 1 aromatic carbocycles. The highest BCUT2D eigenvalue weighted by Crippen LogP contribution is 2.46. The summed E-state index contributed by atoms with van der Waals surface area (Å²) in [7, 11) is 1.76. The van der Waals surface area contributed by atoms with Crippen LogP contribution in [-0.4, -0.2) is 37.9 Å². The van der Waals surface area contributed by atoms with Gasteiger partial charge >= 0.3 is 5.97 Å². The van der Waals surface area contributed by atoms with Gasteiger partial charge in [0.2, 0.25) is 5.78 Å². The van der Waals surface area contributed by atoms with E-state index in [1.807, 2.05) is 30.3 Å². The van der Waals surface area contributed by atoms with Crippen molar-refractivity contribution >= 4 is 35.1 Å². The molecule has 0 saturated heterocycles. The monoisotopic (exact) mass is 397 g/mol. The van der Waals surface area contributed by atoms with Gasteiger partial charge in [-0.05, 0) is 24.3 Å². The average molecular weight is 397 g/mol. The number of carbonyl (C=O) groups excluding carboxylic acids is 3. The molecule has 0 unspecified atom stereocenters. The minimum absolute atomic E-state index is 0.0567. The summed E-state index contributed by atoms with van der Waals surface area (Å²) in [4.78, 5) is 38.5. The molecule has 0 fully saturated rings. The van der Waals surface area contributed by atoms with E-state index in [1.54, 1.807) is 18.0 Å². The largest absolute Gasteiger partial charge is 0.459 e. The summed E-state index contributed by atoms with van der Waals surface area (Å²) >= 11 is 1.31. The quantitative estimate of drug-likeness (QED) is 0.448. The van der Waals surface area contributed by atoms with Crippen molar-refractivity contribution in [2.75, 3.05) is 25.1 Å². The topological polar surface area (TPSA) is 113 Å². The van der Waals surface area contributed by atoms with E-state index >= 15 is 0 Å². The van der Waals surface area contributed by atoms with Crippen LogP contribution in [0.25, 0.3) is 0 Å². The van der Waals surface area contributed by atoms with E-state index in [4.69, 9.17) is 9.15 Å². The van der Waals surface area contributed by atoms with E-state index in [-0.39, 0.29) is 11.3 Å². The molecule has 1 N–H and O–H groups in total. The molecule has 3 rings (SSSR count). The Bertz CT molecular complexity index is 991. The Labute approximate surface area is 164 Å². The van der Waals surface area contributed by atoms with Gasteiger partial charge in [-0.2, -0.15) is 5.26 Å². The maximum Gasteiger partial charge on any atom is 0.325 e. The second-order valence-corrected chi connectivity index (χ2v) is 6.70. The molecule has 1 aliphatic rings. The van der Waals surface area contributed by atoms with Crippen molar-refractivity contribution in [1.82, 2.24) is 5.32 Å². The number of nitrogens with zero attached hydrogens (tertiary/aromatic N) is 2. The maximum atomic E-state index is 12.4. The molecule has 2 heterocycles. The molecule has 8 nitrogen and oxygen atoms in total. The number of amides is 1.